The first-order chi connectivity index (χ1) is 8.06. The highest BCUT2D eigenvalue weighted by Crippen LogP contribution is 2.31. The van der Waals surface area contributed by atoms with Crippen LogP contribution in [0.3, 0.4) is 0 Å². The van der Waals surface area contributed by atoms with Crippen LogP contribution in [0.25, 0.3) is 0 Å². The maximum atomic E-state index is 11.6. The van der Waals surface area contributed by atoms with Gasteiger partial charge in [0.1, 0.15) is 4.88 Å². The Hall–Kier alpha value is -1.36. The van der Waals surface area contributed by atoms with E-state index in [1.165, 1.54) is 11.3 Å². The fourth-order valence-corrected chi connectivity index (χ4v) is 2.15. The summed E-state index contributed by atoms with van der Waals surface area (Å²) in [5, 5.41) is 3.51. The maximum Gasteiger partial charge on any atom is 0.348 e. The third kappa shape index (κ3) is 3.30. The molecule has 1 aliphatic rings. The first kappa shape index (κ1) is 12.1. The standard InChI is InChI=1S/C12H15NO3S/c1-7(2)16-12(15)9-5-6-10(17-9)13-11(14)8-3-4-8/h5-8H,3-4H2,1-2H3,(H,13,14). The van der Waals surface area contributed by atoms with Gasteiger partial charge in [0.2, 0.25) is 5.91 Å². The third-order valence-electron chi connectivity index (χ3n) is 2.34. The van der Waals surface area contributed by atoms with E-state index in [4.69, 9.17) is 4.74 Å². The molecule has 0 bridgehead atoms. The van der Waals surface area contributed by atoms with Crippen LogP contribution in [0.2, 0.25) is 0 Å². The van der Waals surface area contributed by atoms with Gasteiger partial charge >= 0.3 is 5.97 Å². The number of hydrogen-bond donors (Lipinski definition) is 1. The van der Waals surface area contributed by atoms with Crippen molar-refractivity contribution in [1.29, 1.82) is 0 Å². The van der Waals surface area contributed by atoms with Crippen molar-refractivity contribution < 1.29 is 14.3 Å². The molecule has 1 aliphatic carbocycles. The topological polar surface area (TPSA) is 55.4 Å². The Bertz CT molecular complexity index is 435. The van der Waals surface area contributed by atoms with Gasteiger partial charge in [-0.15, -0.1) is 11.3 Å². The minimum Gasteiger partial charge on any atom is -0.459 e. The first-order valence-electron chi connectivity index (χ1n) is 5.68. The molecule has 0 spiro atoms. The van der Waals surface area contributed by atoms with Gasteiger partial charge in [0.15, 0.2) is 0 Å². The minimum absolute atomic E-state index is 0.0515. The molecule has 1 amide bonds. The Balaban J connectivity index is 1.95. The number of ether oxygens (including phenoxy) is 1. The summed E-state index contributed by atoms with van der Waals surface area (Å²) in [6, 6.07) is 3.42. The van der Waals surface area contributed by atoms with Crippen LogP contribution in [-0.2, 0) is 9.53 Å². The Morgan fingerprint density at radius 2 is 2.12 bits per heavy atom. The Morgan fingerprint density at radius 3 is 2.71 bits per heavy atom. The van der Waals surface area contributed by atoms with Crippen LogP contribution in [0, 0.1) is 5.92 Å². The zero-order valence-corrected chi connectivity index (χ0v) is 10.7. The molecule has 0 aromatic carbocycles. The van der Waals surface area contributed by atoms with Crippen molar-refractivity contribution in [1.82, 2.24) is 0 Å². The number of anilines is 1. The molecule has 1 saturated carbocycles. The van der Waals surface area contributed by atoms with Crippen LogP contribution in [0.15, 0.2) is 12.1 Å². The minimum atomic E-state index is -0.336. The molecule has 1 aromatic heterocycles. The smallest absolute Gasteiger partial charge is 0.348 e. The van der Waals surface area contributed by atoms with Crippen molar-refractivity contribution in [2.45, 2.75) is 32.8 Å². The van der Waals surface area contributed by atoms with Crippen molar-refractivity contribution in [3.8, 4) is 0 Å². The molecule has 0 saturated heterocycles. The van der Waals surface area contributed by atoms with E-state index in [0.717, 1.165) is 12.8 Å². The van der Waals surface area contributed by atoms with E-state index in [0.29, 0.717) is 9.88 Å². The van der Waals surface area contributed by atoms with Gasteiger partial charge in [0.25, 0.3) is 0 Å². The zero-order chi connectivity index (χ0) is 12.4. The molecule has 1 heterocycles. The second-order valence-corrected chi connectivity index (χ2v) is 5.47. The average Bonchev–Trinajstić information content (AvgIpc) is 2.99. The van der Waals surface area contributed by atoms with Crippen molar-refractivity contribution >= 4 is 28.2 Å². The van der Waals surface area contributed by atoms with Crippen LogP contribution in [0.5, 0.6) is 0 Å². The van der Waals surface area contributed by atoms with Gasteiger partial charge in [-0.2, -0.15) is 0 Å². The number of hydrogen-bond acceptors (Lipinski definition) is 4. The summed E-state index contributed by atoms with van der Waals surface area (Å²) in [5.74, 6) is -0.115. The van der Waals surface area contributed by atoms with E-state index < -0.39 is 0 Å². The fraction of sp³-hybridized carbons (Fsp3) is 0.500. The van der Waals surface area contributed by atoms with Gasteiger partial charge < -0.3 is 10.1 Å². The predicted octanol–water partition coefficient (Wildman–Crippen LogP) is 2.66. The van der Waals surface area contributed by atoms with E-state index in [9.17, 15) is 9.59 Å². The summed E-state index contributed by atoms with van der Waals surface area (Å²) in [5.41, 5.74) is 0. The molecule has 4 nitrogen and oxygen atoms in total. The molecule has 1 N–H and O–H groups in total. The average molecular weight is 253 g/mol. The van der Waals surface area contributed by atoms with Gasteiger partial charge in [-0.1, -0.05) is 0 Å². The van der Waals surface area contributed by atoms with Crippen LogP contribution < -0.4 is 5.32 Å². The highest BCUT2D eigenvalue weighted by molar-refractivity contribution is 7.18. The molecule has 0 radical (unpaired) electrons. The van der Waals surface area contributed by atoms with Gasteiger partial charge in [0.05, 0.1) is 11.1 Å². The normalized spacial score (nSPS) is 14.8. The summed E-state index contributed by atoms with van der Waals surface area (Å²) in [6.45, 7) is 3.61. The molecular weight excluding hydrogens is 238 g/mol. The monoisotopic (exact) mass is 253 g/mol. The quantitative estimate of drug-likeness (QED) is 0.839. The number of nitrogens with one attached hydrogen (secondary N) is 1. The Kier molecular flexibility index (Phi) is 3.47. The van der Waals surface area contributed by atoms with E-state index in [-0.39, 0.29) is 23.9 Å². The van der Waals surface area contributed by atoms with Crippen molar-refractivity contribution in [2.24, 2.45) is 5.92 Å². The third-order valence-corrected chi connectivity index (χ3v) is 3.33. The highest BCUT2D eigenvalue weighted by atomic mass is 32.1. The lowest BCUT2D eigenvalue weighted by Gasteiger charge is -2.05. The molecule has 0 atom stereocenters. The zero-order valence-electron chi connectivity index (χ0n) is 9.86. The van der Waals surface area contributed by atoms with Crippen molar-refractivity contribution in [3.63, 3.8) is 0 Å². The van der Waals surface area contributed by atoms with Gasteiger partial charge in [-0.25, -0.2) is 4.79 Å². The second kappa shape index (κ2) is 4.87. The first-order valence-corrected chi connectivity index (χ1v) is 6.49. The molecule has 1 fully saturated rings. The lowest BCUT2D eigenvalue weighted by molar-refractivity contribution is -0.117. The summed E-state index contributed by atoms with van der Waals surface area (Å²) >= 11 is 1.25. The van der Waals surface area contributed by atoms with Gasteiger partial charge in [-0.3, -0.25) is 4.79 Å². The lowest BCUT2D eigenvalue weighted by Crippen LogP contribution is -2.12. The van der Waals surface area contributed by atoms with Gasteiger partial charge in [0, 0.05) is 5.92 Å². The molecule has 1 aromatic rings. The van der Waals surface area contributed by atoms with Crippen LogP contribution >= 0.6 is 11.3 Å². The summed E-state index contributed by atoms with van der Waals surface area (Å²) < 4.78 is 5.07. The lowest BCUT2D eigenvalue weighted by atomic mass is 10.4. The Labute approximate surface area is 104 Å². The molecule has 0 unspecified atom stereocenters. The SMILES string of the molecule is CC(C)OC(=O)c1ccc(NC(=O)C2CC2)s1. The summed E-state index contributed by atoms with van der Waals surface area (Å²) in [6.07, 6.45) is 1.81. The Morgan fingerprint density at radius 1 is 1.41 bits per heavy atom. The fourth-order valence-electron chi connectivity index (χ4n) is 1.36. The number of carbonyl (C=O) groups excluding carboxylic acids is 2. The second-order valence-electron chi connectivity index (χ2n) is 4.38. The summed E-state index contributed by atoms with van der Waals surface area (Å²) in [4.78, 5) is 23.6. The molecule has 92 valence electrons. The summed E-state index contributed by atoms with van der Waals surface area (Å²) in [7, 11) is 0. The van der Waals surface area contributed by atoms with Gasteiger partial charge in [-0.05, 0) is 38.8 Å². The molecular formula is C12H15NO3S. The number of esters is 1. The van der Waals surface area contributed by atoms with Crippen molar-refractivity contribution in [3.05, 3.63) is 17.0 Å². The number of carbonyl (C=O) groups is 2. The van der Waals surface area contributed by atoms with E-state index >= 15 is 0 Å². The van der Waals surface area contributed by atoms with Crippen molar-refractivity contribution in [2.75, 3.05) is 5.32 Å². The van der Waals surface area contributed by atoms with E-state index in [1.54, 1.807) is 26.0 Å². The number of thiophene rings is 1. The predicted molar refractivity (Wildman–Crippen MR) is 66.2 cm³/mol. The molecule has 17 heavy (non-hydrogen) atoms. The molecule has 5 heteroatoms. The van der Waals surface area contributed by atoms with Crippen LogP contribution in [-0.4, -0.2) is 18.0 Å². The maximum absolute atomic E-state index is 11.6. The molecule has 2 rings (SSSR count). The van der Waals surface area contributed by atoms with E-state index in [1.807, 2.05) is 0 Å². The largest absolute Gasteiger partial charge is 0.459 e. The molecule has 0 aliphatic heterocycles. The number of amides is 1. The van der Waals surface area contributed by atoms with Crippen LogP contribution in [0.4, 0.5) is 5.00 Å². The van der Waals surface area contributed by atoms with Crippen LogP contribution in [0.1, 0.15) is 36.4 Å². The highest BCUT2D eigenvalue weighted by Gasteiger charge is 2.29. The number of rotatable bonds is 4. The van der Waals surface area contributed by atoms with E-state index in [2.05, 4.69) is 5.32 Å².